The summed E-state index contributed by atoms with van der Waals surface area (Å²) in [6, 6.07) is 20.8. The predicted octanol–water partition coefficient (Wildman–Crippen LogP) is 5.48. The van der Waals surface area contributed by atoms with Gasteiger partial charge in [-0.1, -0.05) is 18.2 Å². The Morgan fingerprint density at radius 2 is 1.62 bits per heavy atom. The van der Waals surface area contributed by atoms with Crippen LogP contribution in [0.5, 0.6) is 11.5 Å². The van der Waals surface area contributed by atoms with Crippen LogP contribution >= 0.6 is 0 Å². The van der Waals surface area contributed by atoms with Gasteiger partial charge in [0.1, 0.15) is 40.9 Å². The maximum atomic E-state index is 15.2. The van der Waals surface area contributed by atoms with E-state index in [0.717, 1.165) is 11.3 Å². The van der Waals surface area contributed by atoms with Crippen molar-refractivity contribution in [1.82, 2.24) is 39.8 Å². The lowest BCUT2D eigenvalue weighted by molar-refractivity contribution is -0.250. The van der Waals surface area contributed by atoms with E-state index in [0.29, 0.717) is 60.4 Å². The van der Waals surface area contributed by atoms with Crippen LogP contribution in [-0.4, -0.2) is 129 Å². The summed E-state index contributed by atoms with van der Waals surface area (Å²) < 4.78 is 53.5. The van der Waals surface area contributed by atoms with E-state index in [1.807, 2.05) is 64.2 Å². The Labute approximate surface area is 361 Å². The Bertz CT molecular complexity index is 2530. The monoisotopic (exact) mass is 864 g/mol. The summed E-state index contributed by atoms with van der Waals surface area (Å²) >= 11 is 0. The van der Waals surface area contributed by atoms with Crippen LogP contribution in [0.1, 0.15) is 65.3 Å². The number of ether oxygens (including phenoxy) is 1. The van der Waals surface area contributed by atoms with Crippen LogP contribution in [0.4, 0.5) is 24.7 Å². The molecule has 0 spiro atoms. The van der Waals surface area contributed by atoms with Gasteiger partial charge in [0.15, 0.2) is 11.9 Å². The molecule has 2 aromatic heterocycles. The van der Waals surface area contributed by atoms with Crippen molar-refractivity contribution in [3.05, 3.63) is 90.3 Å². The van der Waals surface area contributed by atoms with Crippen molar-refractivity contribution in [3.63, 3.8) is 0 Å². The summed E-state index contributed by atoms with van der Waals surface area (Å²) in [5, 5.41) is 7.81. The van der Waals surface area contributed by atoms with Crippen molar-refractivity contribution in [2.24, 2.45) is 0 Å². The van der Waals surface area contributed by atoms with Gasteiger partial charge in [-0.25, -0.2) is 14.6 Å². The highest BCUT2D eigenvalue weighted by atomic mass is 19.4. The first kappa shape index (κ1) is 41.9. The molecule has 4 aliphatic heterocycles. The number of likely N-dealkylation sites (N-methyl/N-ethyl adjacent to an activating group) is 1. The van der Waals surface area contributed by atoms with Crippen molar-refractivity contribution in [1.29, 1.82) is 0 Å². The number of aromatic nitrogens is 4. The number of nitrogens with one attached hydrogen (secondary N) is 1. The molecule has 18 heteroatoms. The molecule has 4 fully saturated rings. The lowest BCUT2D eigenvalue weighted by atomic mass is 9.82. The summed E-state index contributed by atoms with van der Waals surface area (Å²) in [6.07, 6.45) is -1.35. The van der Waals surface area contributed by atoms with E-state index in [-0.39, 0.29) is 80.9 Å². The number of nitrogens with zero attached hydrogens (tertiary/aromatic N) is 8. The van der Waals surface area contributed by atoms with Crippen molar-refractivity contribution < 1.29 is 37.1 Å². The SMILES string of the molecule is CN(C(=O)c1ccc(N2CC(N3CCC(N4CCC(n5nc(-c6ccc(Oc7ccccc7)cc6)c6c(N)ncnc65)CC4)(C(F)(F)F)CC3)C2)cc1C=O)C1CCC(=O)NC1=O. The van der Waals surface area contributed by atoms with Gasteiger partial charge in [0.25, 0.3) is 5.91 Å². The first-order valence-electron chi connectivity index (χ1n) is 21.2. The molecule has 3 N–H and O–H groups in total. The normalized spacial score (nSPS) is 20.3. The molecule has 63 heavy (non-hydrogen) atoms. The topological polar surface area (TPSA) is 172 Å². The van der Waals surface area contributed by atoms with E-state index in [1.165, 1.54) is 18.3 Å². The molecular formula is C45H47F3N10O5. The summed E-state index contributed by atoms with van der Waals surface area (Å²) in [5.41, 5.74) is 7.37. The molecule has 0 radical (unpaired) electrons. The van der Waals surface area contributed by atoms with Gasteiger partial charge in [0.2, 0.25) is 11.8 Å². The summed E-state index contributed by atoms with van der Waals surface area (Å²) in [6.45, 7) is 2.18. The Morgan fingerprint density at radius 3 is 2.29 bits per heavy atom. The van der Waals surface area contributed by atoms with Gasteiger partial charge in [-0.2, -0.15) is 18.3 Å². The molecule has 0 aliphatic carbocycles. The van der Waals surface area contributed by atoms with Crippen molar-refractivity contribution in [3.8, 4) is 22.8 Å². The molecule has 1 atom stereocenters. The molecule has 0 bridgehead atoms. The maximum Gasteiger partial charge on any atom is 0.406 e. The number of amides is 3. The highest BCUT2D eigenvalue weighted by molar-refractivity contribution is 6.06. The van der Waals surface area contributed by atoms with Crippen molar-refractivity contribution >= 4 is 46.5 Å². The Balaban J connectivity index is 0.829. The van der Waals surface area contributed by atoms with Crippen LogP contribution in [-0.2, 0) is 9.59 Å². The molecule has 0 saturated carbocycles. The fourth-order valence-electron chi connectivity index (χ4n) is 9.65. The zero-order valence-corrected chi connectivity index (χ0v) is 34.6. The molecule has 328 valence electrons. The molecule has 1 unspecified atom stereocenters. The molecule has 4 aliphatic rings. The molecule has 6 heterocycles. The summed E-state index contributed by atoms with van der Waals surface area (Å²) in [4.78, 5) is 65.2. The third-order valence-corrected chi connectivity index (χ3v) is 13.3. The standard InChI is InChI=1S/C45H47F3N10O5/c1-54(36-13-14-37(60)52-42(36)61)43(62)35-12-9-31(23-29(35)26-59)56-24-32(25-56)55-21-17-44(18-22-55,45(46,47)48)57-19-15-30(16-20-57)58-41-38(40(49)50-27-51-41)39(53-58)28-7-10-34(11-8-28)63-33-5-3-2-4-6-33/h2-12,23,26-27,30,32,36H,13-22,24-25H2,1H3,(H2,49,50,51)(H,52,60,61). The van der Waals surface area contributed by atoms with Crippen LogP contribution in [0.3, 0.4) is 0 Å². The van der Waals surface area contributed by atoms with Crippen LogP contribution in [0, 0.1) is 0 Å². The number of benzene rings is 3. The fraction of sp³-hybridized carbons (Fsp3) is 0.400. The van der Waals surface area contributed by atoms with Crippen LogP contribution in [0.2, 0.25) is 0 Å². The minimum atomic E-state index is -4.43. The molecule has 15 nitrogen and oxygen atoms in total. The number of para-hydroxylation sites is 1. The van der Waals surface area contributed by atoms with E-state index < -0.39 is 35.5 Å². The number of aldehydes is 1. The van der Waals surface area contributed by atoms with Crippen LogP contribution < -0.4 is 20.7 Å². The van der Waals surface area contributed by atoms with E-state index in [2.05, 4.69) is 20.2 Å². The predicted molar refractivity (Wildman–Crippen MR) is 227 cm³/mol. The number of likely N-dealkylation sites (tertiary alicyclic amines) is 2. The van der Waals surface area contributed by atoms with Gasteiger partial charge < -0.3 is 20.3 Å². The number of carbonyl (C=O) groups is 4. The second-order valence-electron chi connectivity index (χ2n) is 16.8. The van der Waals surface area contributed by atoms with Gasteiger partial charge in [-0.05, 0) is 86.7 Å². The molecule has 9 rings (SSSR count). The van der Waals surface area contributed by atoms with Crippen molar-refractivity contribution in [2.45, 2.75) is 68.4 Å². The number of fused-ring (bicyclic) bond motifs is 1. The number of hydrogen-bond donors (Lipinski definition) is 2. The zero-order valence-electron chi connectivity index (χ0n) is 34.6. The van der Waals surface area contributed by atoms with E-state index in [1.54, 1.807) is 23.1 Å². The average Bonchev–Trinajstić information content (AvgIpc) is 3.67. The minimum absolute atomic E-state index is 0.0333. The highest BCUT2D eigenvalue weighted by Crippen LogP contribution is 2.46. The molecule has 5 aromatic rings. The largest absolute Gasteiger partial charge is 0.457 e. The number of carbonyl (C=O) groups excluding carboxylic acids is 4. The number of anilines is 2. The lowest BCUT2D eigenvalue weighted by Crippen LogP contribution is -2.68. The summed E-state index contributed by atoms with van der Waals surface area (Å²) in [5.74, 6) is 0.165. The minimum Gasteiger partial charge on any atom is -0.457 e. The van der Waals surface area contributed by atoms with Gasteiger partial charge in [-0.3, -0.25) is 34.3 Å². The van der Waals surface area contributed by atoms with Crippen LogP contribution in [0.25, 0.3) is 22.3 Å². The number of halogens is 3. The van der Waals surface area contributed by atoms with Gasteiger partial charge in [0.05, 0.1) is 17.0 Å². The molecule has 4 saturated heterocycles. The Kier molecular flexibility index (Phi) is 11.1. The molecular weight excluding hydrogens is 818 g/mol. The molecule has 3 aromatic carbocycles. The third kappa shape index (κ3) is 7.86. The van der Waals surface area contributed by atoms with Crippen LogP contribution in [0.15, 0.2) is 79.1 Å². The number of hydrogen-bond acceptors (Lipinski definition) is 12. The van der Waals surface area contributed by atoms with E-state index >= 15 is 13.2 Å². The highest BCUT2D eigenvalue weighted by Gasteiger charge is 2.60. The third-order valence-electron chi connectivity index (χ3n) is 13.3. The van der Waals surface area contributed by atoms with Gasteiger partial charge in [-0.15, -0.1) is 0 Å². The Morgan fingerprint density at radius 1 is 0.921 bits per heavy atom. The number of piperidine rings is 3. The smallest absolute Gasteiger partial charge is 0.406 e. The second kappa shape index (κ2) is 16.7. The molecule has 3 amide bonds. The maximum absolute atomic E-state index is 15.2. The average molecular weight is 865 g/mol. The first-order valence-corrected chi connectivity index (χ1v) is 21.2. The van der Waals surface area contributed by atoms with E-state index in [4.69, 9.17) is 15.6 Å². The lowest BCUT2D eigenvalue weighted by Gasteiger charge is -2.54. The number of rotatable bonds is 10. The second-order valence-corrected chi connectivity index (χ2v) is 16.8. The number of nitrogens with two attached hydrogens (primary N) is 1. The number of imide groups is 1. The van der Waals surface area contributed by atoms with E-state index in [9.17, 15) is 19.2 Å². The van der Waals surface area contributed by atoms with Crippen molar-refractivity contribution in [2.75, 3.05) is 56.9 Å². The Hall–Kier alpha value is -6.40. The van der Waals surface area contributed by atoms with Gasteiger partial charge >= 0.3 is 6.18 Å². The quantitative estimate of drug-likeness (QED) is 0.134. The summed E-state index contributed by atoms with van der Waals surface area (Å²) in [7, 11) is 1.47. The van der Waals surface area contributed by atoms with Gasteiger partial charge in [0, 0.05) is 75.6 Å². The zero-order chi connectivity index (χ0) is 44.0. The first-order chi connectivity index (χ1) is 30.3. The number of nitrogen functional groups attached to an aromatic ring is 1. The number of alkyl halides is 3. The fourth-order valence-corrected chi connectivity index (χ4v) is 9.65.